The van der Waals surface area contributed by atoms with Crippen molar-refractivity contribution in [2.24, 2.45) is 4.99 Å². The molecule has 0 aliphatic carbocycles. The van der Waals surface area contributed by atoms with Crippen molar-refractivity contribution in [2.75, 3.05) is 6.61 Å². The summed E-state index contributed by atoms with van der Waals surface area (Å²) in [4.78, 5) is 12.7. The van der Waals surface area contributed by atoms with Gasteiger partial charge >= 0.3 is 0 Å². The molecule has 1 unspecified atom stereocenters. The number of hydrogen-bond donors (Lipinski definition) is 0. The average Bonchev–Trinajstić information content (AvgIpc) is 2.50. The third kappa shape index (κ3) is 2.99. The molecule has 1 saturated heterocycles. The molecular formula is C8H9NO2. The van der Waals surface area contributed by atoms with Crippen LogP contribution in [0.25, 0.3) is 0 Å². The van der Waals surface area contributed by atoms with Crippen LogP contribution in [0.15, 0.2) is 4.99 Å². The minimum absolute atomic E-state index is 0.254. The van der Waals surface area contributed by atoms with E-state index in [-0.39, 0.29) is 6.10 Å². The summed E-state index contributed by atoms with van der Waals surface area (Å²) in [6, 6.07) is 2.33. The molecule has 3 nitrogen and oxygen atoms in total. The van der Waals surface area contributed by atoms with Crippen LogP contribution in [0.1, 0.15) is 19.3 Å². The molecule has 0 radical (unpaired) electrons. The third-order valence-corrected chi connectivity index (χ3v) is 1.53. The van der Waals surface area contributed by atoms with Gasteiger partial charge in [-0.05, 0) is 12.8 Å². The summed E-state index contributed by atoms with van der Waals surface area (Å²) in [5.74, 6) is 2.72. The Morgan fingerprint density at radius 1 is 1.64 bits per heavy atom. The highest BCUT2D eigenvalue weighted by atomic mass is 16.5. The Kier molecular flexibility index (Phi) is 3.40. The fraction of sp³-hybridized carbons (Fsp3) is 0.625. The molecule has 1 atom stereocenters. The fourth-order valence-corrected chi connectivity index (χ4v) is 1.03. The van der Waals surface area contributed by atoms with Crippen LogP contribution in [0.3, 0.4) is 0 Å². The molecule has 0 bridgehead atoms. The SMILES string of the molecule is O=C=NC#CCC1CCCO1. The Labute approximate surface area is 65.5 Å². The molecule has 0 saturated carbocycles. The van der Waals surface area contributed by atoms with Crippen molar-refractivity contribution < 1.29 is 9.53 Å². The Bertz CT molecular complexity index is 214. The van der Waals surface area contributed by atoms with E-state index in [1.165, 1.54) is 6.08 Å². The lowest BCUT2D eigenvalue weighted by Crippen LogP contribution is -2.01. The highest BCUT2D eigenvalue weighted by Gasteiger charge is 2.13. The number of hydrogen-bond acceptors (Lipinski definition) is 3. The van der Waals surface area contributed by atoms with Crippen LogP contribution in [-0.2, 0) is 9.53 Å². The lowest BCUT2D eigenvalue weighted by molar-refractivity contribution is 0.115. The van der Waals surface area contributed by atoms with Crippen LogP contribution in [0.2, 0.25) is 0 Å². The van der Waals surface area contributed by atoms with Gasteiger partial charge in [0.15, 0.2) is 0 Å². The van der Waals surface area contributed by atoms with Gasteiger partial charge in [0, 0.05) is 19.1 Å². The summed E-state index contributed by atoms with van der Waals surface area (Å²) in [5, 5.41) is 0. The first kappa shape index (κ1) is 8.00. The van der Waals surface area contributed by atoms with Gasteiger partial charge < -0.3 is 4.74 Å². The number of rotatable bonds is 1. The smallest absolute Gasteiger partial charge is 0.249 e. The normalized spacial score (nSPS) is 21.6. The average molecular weight is 151 g/mol. The maximum atomic E-state index is 9.58. The summed E-state index contributed by atoms with van der Waals surface area (Å²) in [6.07, 6.45) is 4.46. The zero-order chi connectivity index (χ0) is 7.94. The van der Waals surface area contributed by atoms with Gasteiger partial charge in [-0.25, -0.2) is 4.79 Å². The van der Waals surface area contributed by atoms with Crippen LogP contribution < -0.4 is 0 Å². The van der Waals surface area contributed by atoms with E-state index in [1.807, 2.05) is 0 Å². The maximum absolute atomic E-state index is 9.58. The van der Waals surface area contributed by atoms with E-state index in [4.69, 9.17) is 4.74 Å². The Morgan fingerprint density at radius 3 is 3.18 bits per heavy atom. The predicted octanol–water partition coefficient (Wildman–Crippen LogP) is 0.852. The molecule has 0 amide bonds. The first-order valence-electron chi connectivity index (χ1n) is 3.60. The lowest BCUT2D eigenvalue weighted by Gasteiger charge is -2.01. The molecule has 0 N–H and O–H groups in total. The standard InChI is InChI=1S/C8H9NO2/c10-7-9-5-1-3-8-4-2-6-11-8/h8H,2-4,6H2. The van der Waals surface area contributed by atoms with Crippen molar-refractivity contribution in [2.45, 2.75) is 25.4 Å². The topological polar surface area (TPSA) is 38.7 Å². The molecular weight excluding hydrogens is 142 g/mol. The highest BCUT2D eigenvalue weighted by Crippen LogP contribution is 2.13. The number of isocyanates is 1. The first-order chi connectivity index (χ1) is 5.43. The van der Waals surface area contributed by atoms with Gasteiger partial charge in [0.2, 0.25) is 6.08 Å². The van der Waals surface area contributed by atoms with E-state index in [0.717, 1.165) is 19.4 Å². The second kappa shape index (κ2) is 4.68. The maximum Gasteiger partial charge on any atom is 0.249 e. The summed E-state index contributed by atoms with van der Waals surface area (Å²) >= 11 is 0. The molecule has 0 aromatic rings. The predicted molar refractivity (Wildman–Crippen MR) is 39.5 cm³/mol. The Balaban J connectivity index is 2.21. The summed E-state index contributed by atoms with van der Waals surface area (Å²) in [6.45, 7) is 0.837. The molecule has 1 aliphatic heterocycles. The first-order valence-corrected chi connectivity index (χ1v) is 3.60. The third-order valence-electron chi connectivity index (χ3n) is 1.53. The van der Waals surface area contributed by atoms with Gasteiger partial charge in [-0.2, -0.15) is 0 Å². The second-order valence-electron chi connectivity index (χ2n) is 2.33. The summed E-state index contributed by atoms with van der Waals surface area (Å²) in [5.41, 5.74) is 0. The molecule has 3 heteroatoms. The van der Waals surface area contributed by atoms with E-state index in [9.17, 15) is 4.79 Å². The lowest BCUT2D eigenvalue weighted by atomic mass is 10.2. The van der Waals surface area contributed by atoms with Gasteiger partial charge in [0.05, 0.1) is 6.10 Å². The fourth-order valence-electron chi connectivity index (χ4n) is 1.03. The van der Waals surface area contributed by atoms with Crippen molar-refractivity contribution in [1.29, 1.82) is 0 Å². The number of nitrogens with zero attached hydrogens (tertiary/aromatic N) is 1. The van der Waals surface area contributed by atoms with E-state index in [1.54, 1.807) is 0 Å². The van der Waals surface area contributed by atoms with Gasteiger partial charge in [0.25, 0.3) is 0 Å². The molecule has 1 fully saturated rings. The highest BCUT2D eigenvalue weighted by molar-refractivity contribution is 5.36. The van der Waals surface area contributed by atoms with E-state index < -0.39 is 0 Å². The van der Waals surface area contributed by atoms with E-state index in [0.29, 0.717) is 6.42 Å². The molecule has 0 spiro atoms. The molecule has 11 heavy (non-hydrogen) atoms. The molecule has 58 valence electrons. The number of carbonyl (C=O) groups excluding carboxylic acids is 1. The van der Waals surface area contributed by atoms with Crippen LogP contribution >= 0.6 is 0 Å². The number of ether oxygens (including phenoxy) is 1. The van der Waals surface area contributed by atoms with Gasteiger partial charge in [-0.15, -0.1) is 4.99 Å². The quantitative estimate of drug-likeness (QED) is 0.316. The zero-order valence-electron chi connectivity index (χ0n) is 6.17. The molecule has 0 aromatic carbocycles. The van der Waals surface area contributed by atoms with Crippen molar-refractivity contribution in [3.8, 4) is 12.0 Å². The Morgan fingerprint density at radius 2 is 2.55 bits per heavy atom. The largest absolute Gasteiger partial charge is 0.377 e. The van der Waals surface area contributed by atoms with Gasteiger partial charge in [-0.1, -0.05) is 5.92 Å². The van der Waals surface area contributed by atoms with E-state index >= 15 is 0 Å². The molecule has 1 heterocycles. The minimum atomic E-state index is 0.254. The van der Waals surface area contributed by atoms with Gasteiger partial charge in [0.1, 0.15) is 0 Å². The minimum Gasteiger partial charge on any atom is -0.377 e. The van der Waals surface area contributed by atoms with Crippen molar-refractivity contribution in [3.63, 3.8) is 0 Å². The van der Waals surface area contributed by atoms with Crippen LogP contribution in [0.4, 0.5) is 0 Å². The monoisotopic (exact) mass is 151 g/mol. The van der Waals surface area contributed by atoms with Crippen molar-refractivity contribution in [3.05, 3.63) is 0 Å². The van der Waals surface area contributed by atoms with Crippen molar-refractivity contribution in [1.82, 2.24) is 0 Å². The van der Waals surface area contributed by atoms with Crippen molar-refractivity contribution >= 4 is 6.08 Å². The molecule has 0 aromatic heterocycles. The zero-order valence-corrected chi connectivity index (χ0v) is 6.17. The molecule has 1 aliphatic rings. The second-order valence-corrected chi connectivity index (χ2v) is 2.33. The van der Waals surface area contributed by atoms with Crippen LogP contribution in [0.5, 0.6) is 0 Å². The van der Waals surface area contributed by atoms with E-state index in [2.05, 4.69) is 17.0 Å². The number of aliphatic imine (C=N–C) groups is 1. The van der Waals surface area contributed by atoms with Gasteiger partial charge in [-0.3, -0.25) is 0 Å². The van der Waals surface area contributed by atoms with Crippen LogP contribution in [0, 0.1) is 12.0 Å². The summed E-state index contributed by atoms with van der Waals surface area (Å²) < 4.78 is 5.29. The van der Waals surface area contributed by atoms with Crippen LogP contribution in [-0.4, -0.2) is 18.8 Å². The Hall–Kier alpha value is -1.10. The molecule has 1 rings (SSSR count). The summed E-state index contributed by atoms with van der Waals surface area (Å²) in [7, 11) is 0.